The first-order valence-corrected chi connectivity index (χ1v) is 7.91. The van der Waals surface area contributed by atoms with Gasteiger partial charge in [0.05, 0.1) is 13.2 Å². The van der Waals surface area contributed by atoms with Gasteiger partial charge in [-0.2, -0.15) is 0 Å². The van der Waals surface area contributed by atoms with Gasteiger partial charge in [0.25, 0.3) is 0 Å². The average molecular weight is 296 g/mol. The molecule has 5 heteroatoms. The third-order valence-electron chi connectivity index (χ3n) is 4.15. The van der Waals surface area contributed by atoms with Crippen molar-refractivity contribution in [2.24, 2.45) is 0 Å². The van der Waals surface area contributed by atoms with Crippen LogP contribution in [0.1, 0.15) is 24.5 Å². The Morgan fingerprint density at radius 3 is 2.82 bits per heavy atom. The number of nitrogens with one attached hydrogen (secondary N) is 1. The molecule has 0 amide bonds. The number of rotatable bonds is 4. The number of morpholine rings is 1. The summed E-state index contributed by atoms with van der Waals surface area (Å²) in [5.41, 5.74) is 3.39. The summed E-state index contributed by atoms with van der Waals surface area (Å²) in [6.07, 6.45) is 4.35. The van der Waals surface area contributed by atoms with E-state index in [9.17, 15) is 0 Å². The first-order valence-electron chi connectivity index (χ1n) is 7.91. The van der Waals surface area contributed by atoms with E-state index in [1.807, 2.05) is 12.3 Å². The van der Waals surface area contributed by atoms with Crippen LogP contribution in [-0.2, 0) is 4.74 Å². The zero-order chi connectivity index (χ0) is 14.8. The number of nitrogens with zero attached hydrogens (tertiary/aromatic N) is 3. The molecule has 2 heterocycles. The molecule has 0 atom stereocenters. The summed E-state index contributed by atoms with van der Waals surface area (Å²) in [6, 6.07) is 10.4. The van der Waals surface area contributed by atoms with Gasteiger partial charge < -0.3 is 15.0 Å². The molecule has 1 aromatic heterocycles. The highest BCUT2D eigenvalue weighted by atomic mass is 16.5. The van der Waals surface area contributed by atoms with Crippen molar-refractivity contribution in [3.8, 4) is 0 Å². The van der Waals surface area contributed by atoms with Crippen molar-refractivity contribution >= 4 is 17.3 Å². The molecule has 1 aromatic carbocycles. The van der Waals surface area contributed by atoms with Crippen molar-refractivity contribution in [2.75, 3.05) is 36.5 Å². The van der Waals surface area contributed by atoms with E-state index in [-0.39, 0.29) is 0 Å². The first-order chi connectivity index (χ1) is 10.9. The normalized spacial score (nSPS) is 18.3. The van der Waals surface area contributed by atoms with Crippen LogP contribution in [0.4, 0.5) is 17.3 Å². The molecule has 1 aliphatic carbocycles. The second-order valence-corrected chi connectivity index (χ2v) is 5.85. The highest BCUT2D eigenvalue weighted by Crippen LogP contribution is 2.39. The number of hydrogen-bond donors (Lipinski definition) is 1. The van der Waals surface area contributed by atoms with Gasteiger partial charge in [0.2, 0.25) is 5.95 Å². The molecule has 114 valence electrons. The summed E-state index contributed by atoms with van der Waals surface area (Å²) >= 11 is 0. The smallest absolute Gasteiger partial charge is 0.227 e. The van der Waals surface area contributed by atoms with E-state index in [0.29, 0.717) is 11.9 Å². The molecule has 1 saturated carbocycles. The molecule has 0 spiro atoms. The third kappa shape index (κ3) is 3.04. The zero-order valence-corrected chi connectivity index (χ0v) is 12.5. The Kier molecular flexibility index (Phi) is 3.64. The largest absolute Gasteiger partial charge is 0.378 e. The minimum absolute atomic E-state index is 0.642. The summed E-state index contributed by atoms with van der Waals surface area (Å²) in [6.45, 7) is 3.47. The Bertz CT molecular complexity index is 651. The lowest BCUT2D eigenvalue weighted by Gasteiger charge is -2.29. The fourth-order valence-electron chi connectivity index (χ4n) is 2.77. The van der Waals surface area contributed by atoms with Gasteiger partial charge in [-0.05, 0) is 37.1 Å². The molecular formula is C17H20N4O. The lowest BCUT2D eigenvalue weighted by atomic mass is 10.2. The van der Waals surface area contributed by atoms with Crippen molar-refractivity contribution in [2.45, 2.75) is 18.8 Å². The van der Waals surface area contributed by atoms with Crippen LogP contribution in [0.2, 0.25) is 0 Å². The molecule has 1 N–H and O–H groups in total. The maximum absolute atomic E-state index is 5.41. The fourth-order valence-corrected chi connectivity index (χ4v) is 2.77. The molecule has 0 radical (unpaired) electrons. The molecule has 2 fully saturated rings. The second-order valence-electron chi connectivity index (χ2n) is 5.85. The summed E-state index contributed by atoms with van der Waals surface area (Å²) in [4.78, 5) is 11.3. The first kappa shape index (κ1) is 13.5. The van der Waals surface area contributed by atoms with Gasteiger partial charge in [-0.3, -0.25) is 0 Å². The Morgan fingerprint density at radius 2 is 2.00 bits per heavy atom. The van der Waals surface area contributed by atoms with Gasteiger partial charge in [0.15, 0.2) is 0 Å². The molecule has 5 nitrogen and oxygen atoms in total. The van der Waals surface area contributed by atoms with Crippen LogP contribution in [0.5, 0.6) is 0 Å². The second kappa shape index (κ2) is 5.93. The summed E-state index contributed by atoms with van der Waals surface area (Å²) in [5.74, 6) is 1.33. The number of ether oxygens (including phenoxy) is 1. The van der Waals surface area contributed by atoms with E-state index in [1.165, 1.54) is 18.5 Å². The molecule has 2 aromatic rings. The Balaban J connectivity index is 1.51. The van der Waals surface area contributed by atoms with Gasteiger partial charge in [-0.1, -0.05) is 6.07 Å². The molecule has 4 rings (SSSR count). The molecule has 0 bridgehead atoms. The predicted octanol–water partition coefficient (Wildman–Crippen LogP) is 2.93. The molecule has 1 aliphatic heterocycles. The van der Waals surface area contributed by atoms with E-state index in [4.69, 9.17) is 4.74 Å². The van der Waals surface area contributed by atoms with Crippen molar-refractivity contribution in [3.63, 3.8) is 0 Å². The van der Waals surface area contributed by atoms with Crippen molar-refractivity contribution < 1.29 is 4.74 Å². The van der Waals surface area contributed by atoms with Crippen molar-refractivity contribution in [3.05, 3.63) is 42.2 Å². The molecular weight excluding hydrogens is 276 g/mol. The van der Waals surface area contributed by atoms with Crippen LogP contribution >= 0.6 is 0 Å². The maximum Gasteiger partial charge on any atom is 0.227 e. The van der Waals surface area contributed by atoms with Crippen molar-refractivity contribution in [1.82, 2.24) is 9.97 Å². The quantitative estimate of drug-likeness (QED) is 0.940. The van der Waals surface area contributed by atoms with Gasteiger partial charge in [0, 0.05) is 42.3 Å². The van der Waals surface area contributed by atoms with Gasteiger partial charge in [-0.25, -0.2) is 9.97 Å². The Morgan fingerprint density at radius 1 is 1.14 bits per heavy atom. The molecule has 0 unspecified atom stereocenters. The average Bonchev–Trinajstić information content (AvgIpc) is 3.41. The lowest BCUT2D eigenvalue weighted by Crippen LogP contribution is -2.36. The van der Waals surface area contributed by atoms with Crippen LogP contribution in [0.3, 0.4) is 0 Å². The Labute approximate surface area is 130 Å². The van der Waals surface area contributed by atoms with E-state index in [0.717, 1.165) is 37.7 Å². The predicted molar refractivity (Wildman–Crippen MR) is 86.8 cm³/mol. The lowest BCUT2D eigenvalue weighted by molar-refractivity contribution is 0.122. The molecule has 22 heavy (non-hydrogen) atoms. The van der Waals surface area contributed by atoms with Crippen LogP contribution in [0.15, 0.2) is 36.5 Å². The van der Waals surface area contributed by atoms with Crippen LogP contribution in [-0.4, -0.2) is 36.3 Å². The van der Waals surface area contributed by atoms with E-state index in [2.05, 4.69) is 44.5 Å². The number of benzene rings is 1. The van der Waals surface area contributed by atoms with Crippen LogP contribution in [0, 0.1) is 0 Å². The fraction of sp³-hybridized carbons (Fsp3) is 0.412. The summed E-state index contributed by atoms with van der Waals surface area (Å²) in [5, 5.41) is 3.33. The molecule has 2 aliphatic rings. The standard InChI is InChI=1S/C17H20N4O/c1-2-14(12-15(3-1)21-8-10-22-11-9-21)19-17-18-7-6-16(20-17)13-4-5-13/h1-3,6-7,12-13H,4-5,8-11H2,(H,18,19,20). The zero-order valence-electron chi connectivity index (χ0n) is 12.5. The molecule has 1 saturated heterocycles. The number of anilines is 3. The third-order valence-corrected chi connectivity index (χ3v) is 4.15. The summed E-state index contributed by atoms with van der Waals surface area (Å²) < 4.78 is 5.41. The highest BCUT2D eigenvalue weighted by molar-refractivity contribution is 5.62. The van der Waals surface area contributed by atoms with Crippen LogP contribution in [0.25, 0.3) is 0 Å². The van der Waals surface area contributed by atoms with E-state index < -0.39 is 0 Å². The maximum atomic E-state index is 5.41. The topological polar surface area (TPSA) is 50.3 Å². The van der Waals surface area contributed by atoms with Crippen molar-refractivity contribution in [1.29, 1.82) is 0 Å². The minimum Gasteiger partial charge on any atom is -0.378 e. The van der Waals surface area contributed by atoms with E-state index in [1.54, 1.807) is 0 Å². The van der Waals surface area contributed by atoms with Crippen LogP contribution < -0.4 is 10.2 Å². The minimum atomic E-state index is 0.642. The van der Waals surface area contributed by atoms with Gasteiger partial charge in [-0.15, -0.1) is 0 Å². The monoisotopic (exact) mass is 296 g/mol. The van der Waals surface area contributed by atoms with E-state index >= 15 is 0 Å². The highest BCUT2D eigenvalue weighted by Gasteiger charge is 2.25. The SMILES string of the molecule is c1cc(Nc2nccc(C3CC3)n2)cc(N2CCOCC2)c1. The number of aromatic nitrogens is 2. The van der Waals surface area contributed by atoms with Gasteiger partial charge >= 0.3 is 0 Å². The summed E-state index contributed by atoms with van der Waals surface area (Å²) in [7, 11) is 0. The Hall–Kier alpha value is -2.14. The van der Waals surface area contributed by atoms with Gasteiger partial charge in [0.1, 0.15) is 0 Å². The number of hydrogen-bond acceptors (Lipinski definition) is 5.